The molecular formula is C9H15ClN4S. The number of halogens is 1. The highest BCUT2D eigenvalue weighted by molar-refractivity contribution is 6.99. The maximum absolute atomic E-state index is 5.98. The molecular weight excluding hydrogens is 232 g/mol. The lowest BCUT2D eigenvalue weighted by Gasteiger charge is -2.22. The van der Waals surface area contributed by atoms with Crippen molar-refractivity contribution in [3.05, 3.63) is 5.15 Å². The second kappa shape index (κ2) is 4.23. The Morgan fingerprint density at radius 1 is 1.40 bits per heavy atom. The van der Waals surface area contributed by atoms with Gasteiger partial charge in [0.25, 0.3) is 0 Å². The maximum atomic E-state index is 5.98. The third-order valence-corrected chi connectivity index (χ3v) is 3.84. The highest BCUT2D eigenvalue weighted by Gasteiger charge is 2.33. The zero-order valence-electron chi connectivity index (χ0n) is 9.14. The molecule has 1 saturated heterocycles. The minimum Gasteiger partial charge on any atom is -0.351 e. The van der Waals surface area contributed by atoms with E-state index in [0.717, 1.165) is 18.9 Å². The molecule has 0 amide bonds. The molecule has 0 saturated carbocycles. The zero-order valence-corrected chi connectivity index (χ0v) is 10.7. The van der Waals surface area contributed by atoms with Crippen LogP contribution in [0.3, 0.4) is 0 Å². The molecule has 0 bridgehead atoms. The van der Waals surface area contributed by atoms with Crippen molar-refractivity contribution in [1.29, 1.82) is 0 Å². The molecule has 1 aliphatic rings. The van der Waals surface area contributed by atoms with Crippen LogP contribution < -0.4 is 4.90 Å². The van der Waals surface area contributed by atoms with Crippen LogP contribution in [0.1, 0.15) is 6.92 Å². The molecule has 0 N–H and O–H groups in total. The fourth-order valence-corrected chi connectivity index (χ4v) is 2.93. The Hall–Kier alpha value is -0.390. The zero-order chi connectivity index (χ0) is 11.0. The molecule has 4 nitrogen and oxygen atoms in total. The second-order valence-corrected chi connectivity index (χ2v) is 5.18. The van der Waals surface area contributed by atoms with E-state index < -0.39 is 0 Å². The Kier molecular flexibility index (Phi) is 3.13. The minimum absolute atomic E-state index is 0.534. The number of hydrogen-bond acceptors (Lipinski definition) is 5. The summed E-state index contributed by atoms with van der Waals surface area (Å²) in [5.41, 5.74) is 0. The molecule has 2 unspecified atom stereocenters. The van der Waals surface area contributed by atoms with Crippen molar-refractivity contribution < 1.29 is 0 Å². The summed E-state index contributed by atoms with van der Waals surface area (Å²) >= 11 is 7.15. The van der Waals surface area contributed by atoms with Crippen molar-refractivity contribution in [1.82, 2.24) is 13.6 Å². The molecule has 2 atom stereocenters. The van der Waals surface area contributed by atoms with E-state index in [1.165, 1.54) is 11.7 Å². The minimum atomic E-state index is 0.534. The Morgan fingerprint density at radius 3 is 2.60 bits per heavy atom. The van der Waals surface area contributed by atoms with Crippen molar-refractivity contribution in [3.63, 3.8) is 0 Å². The molecule has 1 fully saturated rings. The first-order chi connectivity index (χ1) is 7.09. The van der Waals surface area contributed by atoms with E-state index >= 15 is 0 Å². The van der Waals surface area contributed by atoms with Crippen molar-refractivity contribution in [2.24, 2.45) is 5.92 Å². The van der Waals surface area contributed by atoms with Crippen LogP contribution in [-0.2, 0) is 0 Å². The highest BCUT2D eigenvalue weighted by atomic mass is 35.5. The lowest BCUT2D eigenvalue weighted by atomic mass is 10.1. The van der Waals surface area contributed by atoms with Gasteiger partial charge in [-0.2, -0.15) is 8.75 Å². The summed E-state index contributed by atoms with van der Waals surface area (Å²) in [6, 6.07) is 0.572. The van der Waals surface area contributed by atoms with Crippen molar-refractivity contribution >= 4 is 29.1 Å². The first-order valence-corrected chi connectivity index (χ1v) is 6.10. The topological polar surface area (TPSA) is 32.3 Å². The molecule has 0 spiro atoms. The summed E-state index contributed by atoms with van der Waals surface area (Å²) in [6.07, 6.45) is 0. The smallest absolute Gasteiger partial charge is 0.187 e. The number of anilines is 1. The van der Waals surface area contributed by atoms with Crippen molar-refractivity contribution in [3.8, 4) is 0 Å². The van der Waals surface area contributed by atoms with Crippen LogP contribution in [0.2, 0.25) is 5.15 Å². The van der Waals surface area contributed by atoms with Gasteiger partial charge < -0.3 is 9.80 Å². The first kappa shape index (κ1) is 11.1. The van der Waals surface area contributed by atoms with E-state index in [2.05, 4.69) is 39.6 Å². The largest absolute Gasteiger partial charge is 0.351 e. The van der Waals surface area contributed by atoms with Crippen LogP contribution in [0, 0.1) is 5.92 Å². The van der Waals surface area contributed by atoms with Gasteiger partial charge in [0.05, 0.1) is 11.7 Å². The van der Waals surface area contributed by atoms with Crippen molar-refractivity contribution in [2.75, 3.05) is 32.1 Å². The summed E-state index contributed by atoms with van der Waals surface area (Å²) in [6.45, 7) is 4.26. The molecule has 84 valence electrons. The summed E-state index contributed by atoms with van der Waals surface area (Å²) < 4.78 is 8.23. The fourth-order valence-electron chi connectivity index (χ4n) is 2.16. The van der Waals surface area contributed by atoms with Crippen LogP contribution in [0.4, 0.5) is 5.82 Å². The average molecular weight is 247 g/mol. The molecule has 1 aliphatic heterocycles. The van der Waals surface area contributed by atoms with Crippen LogP contribution in [0.25, 0.3) is 0 Å². The van der Waals surface area contributed by atoms with Gasteiger partial charge >= 0.3 is 0 Å². The summed E-state index contributed by atoms with van der Waals surface area (Å²) in [7, 11) is 4.23. The lowest BCUT2D eigenvalue weighted by molar-refractivity contribution is 0.266. The van der Waals surface area contributed by atoms with Crippen LogP contribution in [0.5, 0.6) is 0 Å². The fraction of sp³-hybridized carbons (Fsp3) is 0.778. The molecule has 1 aromatic heterocycles. The Morgan fingerprint density at radius 2 is 2.13 bits per heavy atom. The SMILES string of the molecule is CC1CN(c2nsnc2Cl)CC1N(C)C. The van der Waals surface area contributed by atoms with Gasteiger partial charge in [-0.3, -0.25) is 0 Å². The number of hydrogen-bond donors (Lipinski definition) is 0. The van der Waals surface area contributed by atoms with Gasteiger partial charge in [0.1, 0.15) is 0 Å². The molecule has 2 rings (SSSR count). The summed E-state index contributed by atoms with van der Waals surface area (Å²) in [5.74, 6) is 1.48. The van der Waals surface area contributed by atoms with E-state index in [4.69, 9.17) is 11.6 Å². The molecule has 0 radical (unpaired) electrons. The van der Waals surface area contributed by atoms with Gasteiger partial charge in [0, 0.05) is 19.1 Å². The highest BCUT2D eigenvalue weighted by Crippen LogP contribution is 2.29. The van der Waals surface area contributed by atoms with E-state index in [1.54, 1.807) is 0 Å². The molecule has 15 heavy (non-hydrogen) atoms. The summed E-state index contributed by atoms with van der Waals surface area (Å²) in [5, 5.41) is 0.534. The van der Waals surface area contributed by atoms with E-state index in [-0.39, 0.29) is 0 Å². The number of nitrogens with zero attached hydrogens (tertiary/aromatic N) is 4. The standard InChI is InChI=1S/C9H15ClN4S/c1-6-4-14(5-7(6)13(2)3)9-8(10)11-15-12-9/h6-7H,4-5H2,1-3H3. The number of rotatable bonds is 2. The predicted molar refractivity (Wildman–Crippen MR) is 63.8 cm³/mol. The molecule has 1 aromatic rings. The van der Waals surface area contributed by atoms with Crippen LogP contribution >= 0.6 is 23.3 Å². The molecule has 0 aromatic carbocycles. The molecule has 0 aliphatic carbocycles. The Bertz CT molecular complexity index is 341. The Balaban J connectivity index is 2.12. The third kappa shape index (κ3) is 2.09. The normalized spacial score (nSPS) is 26.6. The quantitative estimate of drug-likeness (QED) is 0.793. The van der Waals surface area contributed by atoms with E-state index in [9.17, 15) is 0 Å². The van der Waals surface area contributed by atoms with E-state index in [1.807, 2.05) is 0 Å². The average Bonchev–Trinajstić information content (AvgIpc) is 2.71. The third-order valence-electron chi connectivity index (χ3n) is 2.97. The molecule has 6 heteroatoms. The predicted octanol–water partition coefficient (Wildman–Crippen LogP) is 1.58. The maximum Gasteiger partial charge on any atom is 0.187 e. The van der Waals surface area contributed by atoms with Gasteiger partial charge in [-0.1, -0.05) is 18.5 Å². The van der Waals surface area contributed by atoms with Crippen LogP contribution in [-0.4, -0.2) is 46.9 Å². The van der Waals surface area contributed by atoms with Crippen molar-refractivity contribution in [2.45, 2.75) is 13.0 Å². The first-order valence-electron chi connectivity index (χ1n) is 4.99. The van der Waals surface area contributed by atoms with Crippen LogP contribution in [0.15, 0.2) is 0 Å². The van der Waals surface area contributed by atoms with Gasteiger partial charge in [-0.05, 0) is 20.0 Å². The van der Waals surface area contributed by atoms with Gasteiger partial charge in [0.15, 0.2) is 11.0 Å². The monoisotopic (exact) mass is 246 g/mol. The Labute approximate surface area is 99.2 Å². The number of likely N-dealkylation sites (N-methyl/N-ethyl adjacent to an activating group) is 1. The second-order valence-electron chi connectivity index (χ2n) is 4.29. The summed E-state index contributed by atoms with van der Waals surface area (Å²) in [4.78, 5) is 4.49. The van der Waals surface area contributed by atoms with E-state index in [0.29, 0.717) is 17.1 Å². The number of aromatic nitrogens is 2. The van der Waals surface area contributed by atoms with Gasteiger partial charge in [-0.25, -0.2) is 0 Å². The van der Waals surface area contributed by atoms with Gasteiger partial charge in [0.2, 0.25) is 0 Å². The molecule has 2 heterocycles. The van der Waals surface area contributed by atoms with Gasteiger partial charge in [-0.15, -0.1) is 0 Å². The lowest BCUT2D eigenvalue weighted by Crippen LogP contribution is -2.34.